The number of hydrogen-bond donors (Lipinski definition) is 0. The monoisotopic (exact) mass is 445 g/mol. The summed E-state index contributed by atoms with van der Waals surface area (Å²) < 4.78 is 5.00. The standard InChI is InChI=1S/C24H31NO7/c1-14(26)31-13-22(28)20-5-4-18-17-10-15(12-32-25(29)30)21-11-16(27)6-8-24(21,3)19(17)7-9-23(18,20)2/h11-12,17-20H,4-10,13H2,1-3H3/t17-,18-,19-,20+,23-,24+/m0/s1. The van der Waals surface area contributed by atoms with Gasteiger partial charge in [0.15, 0.2) is 11.6 Å². The average molecular weight is 446 g/mol. The van der Waals surface area contributed by atoms with Crippen LogP contribution in [0.15, 0.2) is 23.5 Å². The fourth-order valence-corrected chi connectivity index (χ4v) is 7.51. The normalized spacial score (nSPS) is 39.4. The van der Waals surface area contributed by atoms with E-state index in [0.29, 0.717) is 24.7 Å². The molecule has 0 bridgehead atoms. The Morgan fingerprint density at radius 3 is 2.66 bits per heavy atom. The molecule has 0 unspecified atom stereocenters. The van der Waals surface area contributed by atoms with Crippen molar-refractivity contribution >= 4 is 17.5 Å². The van der Waals surface area contributed by atoms with Crippen LogP contribution in [0, 0.1) is 44.6 Å². The van der Waals surface area contributed by atoms with Gasteiger partial charge in [0.25, 0.3) is 5.09 Å². The molecule has 174 valence electrons. The Balaban J connectivity index is 1.65. The lowest BCUT2D eigenvalue weighted by atomic mass is 9.46. The Morgan fingerprint density at radius 2 is 1.97 bits per heavy atom. The Bertz CT molecular complexity index is 921. The molecule has 0 aliphatic heterocycles. The molecule has 4 rings (SSSR count). The molecule has 0 heterocycles. The van der Waals surface area contributed by atoms with E-state index in [1.807, 2.05) is 0 Å². The van der Waals surface area contributed by atoms with Crippen molar-refractivity contribution in [3.63, 3.8) is 0 Å². The van der Waals surface area contributed by atoms with Gasteiger partial charge < -0.3 is 4.74 Å². The molecule has 0 aromatic carbocycles. The maximum Gasteiger partial charge on any atom is 0.303 e. The summed E-state index contributed by atoms with van der Waals surface area (Å²) >= 11 is 0. The van der Waals surface area contributed by atoms with E-state index in [0.717, 1.165) is 43.3 Å². The molecule has 4 aliphatic rings. The van der Waals surface area contributed by atoms with E-state index in [1.165, 1.54) is 13.2 Å². The molecule has 3 fully saturated rings. The summed E-state index contributed by atoms with van der Waals surface area (Å²) in [4.78, 5) is 51.8. The van der Waals surface area contributed by atoms with Crippen molar-refractivity contribution in [2.24, 2.45) is 34.5 Å². The van der Waals surface area contributed by atoms with Crippen molar-refractivity contribution in [2.75, 3.05) is 6.61 Å². The minimum atomic E-state index is -0.827. The topological polar surface area (TPSA) is 113 Å². The number of hydrogen-bond acceptors (Lipinski definition) is 7. The van der Waals surface area contributed by atoms with Gasteiger partial charge >= 0.3 is 5.97 Å². The Kier molecular flexibility index (Phi) is 5.75. The number of allylic oxidation sites excluding steroid dienone is 2. The van der Waals surface area contributed by atoms with Crippen molar-refractivity contribution in [2.45, 2.75) is 65.7 Å². The largest absolute Gasteiger partial charge is 0.458 e. The van der Waals surface area contributed by atoms with Crippen LogP contribution in [-0.2, 0) is 24.0 Å². The SMILES string of the molecule is CC(=O)OCC(=O)[C@H]1CC[C@H]2[C@@H]3CC(=CO[N+](=O)[O-])C4=CC(=O)CC[C@]4(C)[C@H]3CC[C@]12C. The molecule has 0 saturated heterocycles. The molecule has 0 N–H and O–H groups in total. The van der Waals surface area contributed by atoms with Crippen LogP contribution in [0.25, 0.3) is 0 Å². The van der Waals surface area contributed by atoms with Crippen molar-refractivity contribution in [1.82, 2.24) is 0 Å². The maximum atomic E-state index is 12.9. The van der Waals surface area contributed by atoms with Crippen molar-refractivity contribution in [3.05, 3.63) is 33.6 Å². The van der Waals surface area contributed by atoms with Crippen LogP contribution in [-0.4, -0.2) is 29.2 Å². The van der Waals surface area contributed by atoms with Crippen molar-refractivity contribution < 1.29 is 29.0 Å². The van der Waals surface area contributed by atoms with Gasteiger partial charge in [-0.3, -0.25) is 19.2 Å². The zero-order chi connectivity index (χ0) is 23.3. The third-order valence-electron chi connectivity index (χ3n) is 8.96. The summed E-state index contributed by atoms with van der Waals surface area (Å²) in [5.41, 5.74) is 1.21. The molecule has 0 aromatic rings. The second-order valence-corrected chi connectivity index (χ2v) is 10.4. The van der Waals surface area contributed by atoms with E-state index in [4.69, 9.17) is 4.74 Å². The van der Waals surface area contributed by atoms with Crippen LogP contribution in [0.1, 0.15) is 65.7 Å². The summed E-state index contributed by atoms with van der Waals surface area (Å²) in [5, 5.41) is 10.0. The molecule has 8 nitrogen and oxygen atoms in total. The number of fused-ring (bicyclic) bond motifs is 5. The number of rotatable bonds is 5. The molecule has 0 radical (unpaired) electrons. The minimum Gasteiger partial charge on any atom is -0.458 e. The van der Waals surface area contributed by atoms with Gasteiger partial charge in [-0.2, -0.15) is 0 Å². The summed E-state index contributed by atoms with van der Waals surface area (Å²) in [6.45, 7) is 5.50. The molecular weight excluding hydrogens is 414 g/mol. The van der Waals surface area contributed by atoms with Crippen LogP contribution in [0.3, 0.4) is 0 Å². The highest BCUT2D eigenvalue weighted by Crippen LogP contribution is 2.67. The first-order chi connectivity index (χ1) is 15.1. The summed E-state index contributed by atoms with van der Waals surface area (Å²) in [7, 11) is 0. The van der Waals surface area contributed by atoms with Crippen LogP contribution >= 0.6 is 0 Å². The Hall–Kier alpha value is -2.51. The number of nitrogens with zero attached hydrogens (tertiary/aromatic N) is 1. The van der Waals surface area contributed by atoms with Gasteiger partial charge in [-0.25, -0.2) is 0 Å². The molecule has 8 heteroatoms. The van der Waals surface area contributed by atoms with Gasteiger partial charge in [-0.15, -0.1) is 10.1 Å². The highest BCUT2D eigenvalue weighted by molar-refractivity contribution is 5.92. The molecule has 0 aromatic heterocycles. The lowest BCUT2D eigenvalue weighted by Gasteiger charge is -2.58. The van der Waals surface area contributed by atoms with Crippen molar-refractivity contribution in [1.29, 1.82) is 0 Å². The second-order valence-electron chi connectivity index (χ2n) is 10.4. The van der Waals surface area contributed by atoms with Gasteiger partial charge in [-0.05, 0) is 84.3 Å². The smallest absolute Gasteiger partial charge is 0.303 e. The average Bonchev–Trinajstić information content (AvgIpc) is 3.08. The zero-order valence-electron chi connectivity index (χ0n) is 18.9. The van der Waals surface area contributed by atoms with Crippen LogP contribution < -0.4 is 0 Å². The molecule has 4 aliphatic carbocycles. The summed E-state index contributed by atoms with van der Waals surface area (Å²) in [6, 6.07) is 0. The van der Waals surface area contributed by atoms with E-state index in [-0.39, 0.29) is 40.8 Å². The van der Waals surface area contributed by atoms with Crippen molar-refractivity contribution in [3.8, 4) is 0 Å². The predicted octanol–water partition coefficient (Wildman–Crippen LogP) is 3.97. The first-order valence-electron chi connectivity index (χ1n) is 11.5. The molecule has 0 amide bonds. The van der Waals surface area contributed by atoms with E-state index in [9.17, 15) is 24.5 Å². The third kappa shape index (κ3) is 3.67. The first kappa shape index (κ1) is 22.7. The third-order valence-corrected chi connectivity index (χ3v) is 8.96. The highest BCUT2D eigenvalue weighted by Gasteiger charge is 2.60. The van der Waals surface area contributed by atoms with Crippen LogP contribution in [0.2, 0.25) is 0 Å². The van der Waals surface area contributed by atoms with Gasteiger partial charge in [0.2, 0.25) is 0 Å². The maximum absolute atomic E-state index is 12.9. The fourth-order valence-electron chi connectivity index (χ4n) is 7.51. The zero-order valence-corrected chi connectivity index (χ0v) is 18.9. The van der Waals surface area contributed by atoms with Gasteiger partial charge in [0.1, 0.15) is 6.61 Å². The van der Waals surface area contributed by atoms with Crippen LogP contribution in [0.5, 0.6) is 0 Å². The van der Waals surface area contributed by atoms with Gasteiger partial charge in [0.05, 0.1) is 6.26 Å². The lowest BCUT2D eigenvalue weighted by molar-refractivity contribution is -0.737. The second kappa shape index (κ2) is 8.12. The number of ether oxygens (including phenoxy) is 1. The van der Waals surface area contributed by atoms with E-state index in [1.54, 1.807) is 6.08 Å². The molecular formula is C24H31NO7. The predicted molar refractivity (Wildman–Crippen MR) is 113 cm³/mol. The Labute approximate surface area is 187 Å². The number of esters is 1. The molecule has 3 saturated carbocycles. The molecule has 6 atom stereocenters. The number of ketones is 2. The minimum absolute atomic E-state index is 0.0121. The quantitative estimate of drug-likeness (QED) is 0.272. The number of carbonyl (C=O) groups is 3. The fraction of sp³-hybridized carbons (Fsp3) is 0.708. The van der Waals surface area contributed by atoms with Crippen LogP contribution in [0.4, 0.5) is 0 Å². The lowest BCUT2D eigenvalue weighted by Crippen LogP contribution is -2.51. The van der Waals surface area contributed by atoms with Gasteiger partial charge in [-0.1, -0.05) is 13.8 Å². The highest BCUT2D eigenvalue weighted by atomic mass is 16.9. The number of carbonyl (C=O) groups excluding carboxylic acids is 3. The first-order valence-corrected chi connectivity index (χ1v) is 11.5. The number of Topliss-reactive ketones (excluding diaryl/α,β-unsaturated/α-hetero) is 1. The van der Waals surface area contributed by atoms with Gasteiger partial charge in [0, 0.05) is 19.3 Å². The summed E-state index contributed by atoms with van der Waals surface area (Å²) in [5.74, 6) is 0.360. The van der Waals surface area contributed by atoms with E-state index >= 15 is 0 Å². The summed E-state index contributed by atoms with van der Waals surface area (Å²) in [6.07, 6.45) is 8.24. The van der Waals surface area contributed by atoms with E-state index in [2.05, 4.69) is 18.7 Å². The van der Waals surface area contributed by atoms with E-state index < -0.39 is 11.1 Å². The Morgan fingerprint density at radius 1 is 1.22 bits per heavy atom. The molecule has 0 spiro atoms. The molecule has 32 heavy (non-hydrogen) atoms.